The molecule has 1 saturated carbocycles. The van der Waals surface area contributed by atoms with E-state index in [4.69, 9.17) is 0 Å². The molecule has 0 aliphatic heterocycles. The van der Waals surface area contributed by atoms with Gasteiger partial charge in [0.15, 0.2) is 0 Å². The topological polar surface area (TPSA) is 12.0 Å². The summed E-state index contributed by atoms with van der Waals surface area (Å²) in [4.78, 5) is 0. The molecule has 0 aromatic heterocycles. The zero-order chi connectivity index (χ0) is 13.2. The fourth-order valence-electron chi connectivity index (χ4n) is 3.74. The van der Waals surface area contributed by atoms with Gasteiger partial charge in [-0.05, 0) is 44.6 Å². The van der Waals surface area contributed by atoms with Crippen LogP contribution in [0.25, 0.3) is 0 Å². The molecule has 0 spiro atoms. The SMILES string of the molecule is CCCCCCCC1CC(CCC)CCC1NC. The number of rotatable bonds is 9. The largest absolute Gasteiger partial charge is 0.317 e. The normalized spacial score (nSPS) is 28.5. The van der Waals surface area contributed by atoms with Gasteiger partial charge in [0.05, 0.1) is 0 Å². The highest BCUT2D eigenvalue weighted by Crippen LogP contribution is 2.34. The molecule has 0 amide bonds. The van der Waals surface area contributed by atoms with Crippen LogP contribution in [0.2, 0.25) is 0 Å². The molecule has 1 heteroatoms. The lowest BCUT2D eigenvalue weighted by molar-refractivity contribution is 0.188. The second-order valence-electron chi connectivity index (χ2n) is 6.33. The predicted molar refractivity (Wildman–Crippen MR) is 82.0 cm³/mol. The third-order valence-electron chi connectivity index (χ3n) is 4.84. The fraction of sp³-hybridized carbons (Fsp3) is 1.00. The Balaban J connectivity index is 2.24. The van der Waals surface area contributed by atoms with Crippen molar-refractivity contribution in [2.45, 2.75) is 90.5 Å². The molecule has 0 saturated heterocycles. The second-order valence-corrected chi connectivity index (χ2v) is 6.33. The van der Waals surface area contributed by atoms with Crippen LogP contribution in [0.3, 0.4) is 0 Å². The molecule has 0 aromatic rings. The molecule has 1 N–H and O–H groups in total. The molecule has 1 rings (SSSR count). The first-order valence-corrected chi connectivity index (χ1v) is 8.49. The molecular weight excluding hydrogens is 218 g/mol. The Labute approximate surface area is 115 Å². The molecule has 0 aromatic carbocycles. The molecule has 3 unspecified atom stereocenters. The first kappa shape index (κ1) is 16.0. The summed E-state index contributed by atoms with van der Waals surface area (Å²) in [5, 5.41) is 3.57. The van der Waals surface area contributed by atoms with Gasteiger partial charge in [0, 0.05) is 6.04 Å². The monoisotopic (exact) mass is 253 g/mol. The summed E-state index contributed by atoms with van der Waals surface area (Å²) in [6, 6.07) is 0.810. The van der Waals surface area contributed by atoms with Crippen LogP contribution in [0.4, 0.5) is 0 Å². The summed E-state index contributed by atoms with van der Waals surface area (Å²) in [7, 11) is 2.16. The van der Waals surface area contributed by atoms with Crippen LogP contribution in [-0.4, -0.2) is 13.1 Å². The summed E-state index contributed by atoms with van der Waals surface area (Å²) in [5.41, 5.74) is 0. The number of nitrogens with one attached hydrogen (secondary N) is 1. The van der Waals surface area contributed by atoms with Crippen LogP contribution in [0.15, 0.2) is 0 Å². The van der Waals surface area contributed by atoms with Crippen LogP contribution in [0.5, 0.6) is 0 Å². The van der Waals surface area contributed by atoms with Gasteiger partial charge in [-0.25, -0.2) is 0 Å². The van der Waals surface area contributed by atoms with Crippen molar-refractivity contribution in [3.8, 4) is 0 Å². The lowest BCUT2D eigenvalue weighted by Crippen LogP contribution is -2.38. The average molecular weight is 253 g/mol. The molecule has 0 bridgehead atoms. The van der Waals surface area contributed by atoms with Crippen LogP contribution in [-0.2, 0) is 0 Å². The van der Waals surface area contributed by atoms with Gasteiger partial charge >= 0.3 is 0 Å². The van der Waals surface area contributed by atoms with Gasteiger partial charge in [0.2, 0.25) is 0 Å². The van der Waals surface area contributed by atoms with Gasteiger partial charge in [-0.3, -0.25) is 0 Å². The van der Waals surface area contributed by atoms with E-state index in [2.05, 4.69) is 26.2 Å². The number of hydrogen-bond acceptors (Lipinski definition) is 1. The highest BCUT2D eigenvalue weighted by atomic mass is 14.9. The van der Waals surface area contributed by atoms with Gasteiger partial charge in [-0.2, -0.15) is 0 Å². The standard InChI is InChI=1S/C17H35N/c1-4-6-7-8-9-11-16-14-15(10-5-2)12-13-17(16)18-3/h15-18H,4-14H2,1-3H3. The Morgan fingerprint density at radius 3 is 2.33 bits per heavy atom. The minimum Gasteiger partial charge on any atom is -0.317 e. The molecule has 1 aliphatic carbocycles. The third-order valence-corrected chi connectivity index (χ3v) is 4.84. The Morgan fingerprint density at radius 1 is 0.889 bits per heavy atom. The van der Waals surface area contributed by atoms with Crippen LogP contribution >= 0.6 is 0 Å². The maximum atomic E-state index is 3.57. The molecule has 18 heavy (non-hydrogen) atoms. The summed E-state index contributed by atoms with van der Waals surface area (Å²) >= 11 is 0. The molecule has 1 aliphatic rings. The quantitative estimate of drug-likeness (QED) is 0.560. The van der Waals surface area contributed by atoms with E-state index in [0.717, 1.165) is 17.9 Å². The summed E-state index contributed by atoms with van der Waals surface area (Å²) < 4.78 is 0. The van der Waals surface area contributed by atoms with Crippen molar-refractivity contribution in [3.63, 3.8) is 0 Å². The Morgan fingerprint density at radius 2 is 1.67 bits per heavy atom. The van der Waals surface area contributed by atoms with E-state index in [1.807, 2.05) is 0 Å². The second kappa shape index (κ2) is 9.83. The maximum Gasteiger partial charge on any atom is 0.00925 e. The van der Waals surface area contributed by atoms with Crippen molar-refractivity contribution in [1.29, 1.82) is 0 Å². The van der Waals surface area contributed by atoms with E-state index >= 15 is 0 Å². The minimum atomic E-state index is 0.810. The van der Waals surface area contributed by atoms with Gasteiger partial charge in [-0.15, -0.1) is 0 Å². The maximum absolute atomic E-state index is 3.57. The molecular formula is C17H35N. The van der Waals surface area contributed by atoms with Crippen molar-refractivity contribution in [2.75, 3.05) is 7.05 Å². The first-order valence-electron chi connectivity index (χ1n) is 8.49. The van der Waals surface area contributed by atoms with Crippen LogP contribution in [0, 0.1) is 11.8 Å². The lowest BCUT2D eigenvalue weighted by atomic mass is 9.74. The van der Waals surface area contributed by atoms with Crippen molar-refractivity contribution >= 4 is 0 Å². The molecule has 3 atom stereocenters. The van der Waals surface area contributed by atoms with E-state index in [1.54, 1.807) is 0 Å². The van der Waals surface area contributed by atoms with E-state index in [1.165, 1.54) is 70.6 Å². The van der Waals surface area contributed by atoms with E-state index in [0.29, 0.717) is 0 Å². The molecule has 0 heterocycles. The molecule has 1 fully saturated rings. The van der Waals surface area contributed by atoms with Gasteiger partial charge in [0.1, 0.15) is 0 Å². The Bertz CT molecular complexity index is 190. The fourth-order valence-corrected chi connectivity index (χ4v) is 3.74. The average Bonchev–Trinajstić information content (AvgIpc) is 2.39. The molecule has 0 radical (unpaired) electrons. The van der Waals surface area contributed by atoms with Crippen molar-refractivity contribution in [2.24, 2.45) is 11.8 Å². The smallest absolute Gasteiger partial charge is 0.00925 e. The van der Waals surface area contributed by atoms with Gasteiger partial charge < -0.3 is 5.32 Å². The van der Waals surface area contributed by atoms with E-state index in [9.17, 15) is 0 Å². The minimum absolute atomic E-state index is 0.810. The van der Waals surface area contributed by atoms with Gasteiger partial charge in [-0.1, -0.05) is 58.8 Å². The molecule has 108 valence electrons. The number of unbranched alkanes of at least 4 members (excludes halogenated alkanes) is 4. The van der Waals surface area contributed by atoms with Crippen molar-refractivity contribution < 1.29 is 0 Å². The van der Waals surface area contributed by atoms with E-state index < -0.39 is 0 Å². The predicted octanol–water partition coefficient (Wildman–Crippen LogP) is 5.15. The number of hydrogen-bond donors (Lipinski definition) is 1. The molecule has 1 nitrogen and oxygen atoms in total. The van der Waals surface area contributed by atoms with E-state index in [-0.39, 0.29) is 0 Å². The zero-order valence-corrected chi connectivity index (χ0v) is 13.0. The Kier molecular flexibility index (Phi) is 8.75. The highest BCUT2D eigenvalue weighted by Gasteiger charge is 2.28. The van der Waals surface area contributed by atoms with Crippen molar-refractivity contribution in [3.05, 3.63) is 0 Å². The van der Waals surface area contributed by atoms with Crippen LogP contribution < -0.4 is 5.32 Å². The summed E-state index contributed by atoms with van der Waals surface area (Å²) in [6.45, 7) is 4.64. The summed E-state index contributed by atoms with van der Waals surface area (Å²) in [5.74, 6) is 1.99. The van der Waals surface area contributed by atoms with Crippen molar-refractivity contribution in [1.82, 2.24) is 5.32 Å². The first-order chi connectivity index (χ1) is 8.81. The highest BCUT2D eigenvalue weighted by molar-refractivity contribution is 4.83. The van der Waals surface area contributed by atoms with Gasteiger partial charge in [0.25, 0.3) is 0 Å². The van der Waals surface area contributed by atoms with Crippen LogP contribution in [0.1, 0.15) is 84.5 Å². The Hall–Kier alpha value is -0.0400. The third kappa shape index (κ3) is 5.73. The summed E-state index contributed by atoms with van der Waals surface area (Å²) in [6.07, 6.45) is 15.8. The lowest BCUT2D eigenvalue weighted by Gasteiger charge is -2.36. The zero-order valence-electron chi connectivity index (χ0n) is 13.0.